The van der Waals surface area contributed by atoms with Crippen molar-refractivity contribution < 1.29 is 8.78 Å². The molecule has 0 saturated heterocycles. The third-order valence-corrected chi connectivity index (χ3v) is 2.91. The number of hydrogen-bond acceptors (Lipinski definition) is 4. The predicted molar refractivity (Wildman–Crippen MR) is 76.4 cm³/mol. The monoisotopic (exact) mass is 288 g/mol. The summed E-state index contributed by atoms with van der Waals surface area (Å²) in [5, 5.41) is 3.07. The minimum absolute atomic E-state index is 0.128. The molecule has 0 aliphatic rings. The van der Waals surface area contributed by atoms with Gasteiger partial charge in [0.25, 0.3) is 5.56 Å². The van der Waals surface area contributed by atoms with Crippen LogP contribution in [-0.4, -0.2) is 9.97 Å². The summed E-state index contributed by atoms with van der Waals surface area (Å²) in [4.78, 5) is 18.6. The SMILES string of the molecule is Nc1ccc2nc(Nc3ccc(F)c(F)c3)[nH]c(=O)c2c1. The Morgan fingerprint density at radius 1 is 1.10 bits per heavy atom. The molecule has 0 aliphatic heterocycles. The van der Waals surface area contributed by atoms with Crippen molar-refractivity contribution in [2.24, 2.45) is 0 Å². The third-order valence-electron chi connectivity index (χ3n) is 2.91. The largest absolute Gasteiger partial charge is 0.399 e. The van der Waals surface area contributed by atoms with E-state index in [1.165, 1.54) is 12.1 Å². The normalized spacial score (nSPS) is 10.8. The lowest BCUT2D eigenvalue weighted by Crippen LogP contribution is -2.11. The van der Waals surface area contributed by atoms with Gasteiger partial charge < -0.3 is 11.1 Å². The number of nitrogens with one attached hydrogen (secondary N) is 2. The molecule has 0 spiro atoms. The first-order valence-corrected chi connectivity index (χ1v) is 6.04. The summed E-state index contributed by atoms with van der Waals surface area (Å²) < 4.78 is 26.0. The summed E-state index contributed by atoms with van der Waals surface area (Å²) in [7, 11) is 0. The number of halogens is 2. The number of rotatable bonds is 2. The molecule has 3 rings (SSSR count). The van der Waals surface area contributed by atoms with Gasteiger partial charge in [-0.05, 0) is 30.3 Å². The molecule has 0 bridgehead atoms. The quantitative estimate of drug-likeness (QED) is 0.633. The Morgan fingerprint density at radius 2 is 1.90 bits per heavy atom. The lowest BCUT2D eigenvalue weighted by molar-refractivity contribution is 0.509. The lowest BCUT2D eigenvalue weighted by Gasteiger charge is -2.07. The molecule has 0 fully saturated rings. The highest BCUT2D eigenvalue weighted by Gasteiger charge is 2.06. The highest BCUT2D eigenvalue weighted by atomic mass is 19.2. The number of H-pyrrole nitrogens is 1. The molecule has 7 heteroatoms. The molecule has 5 nitrogen and oxygen atoms in total. The smallest absolute Gasteiger partial charge is 0.260 e. The number of nitrogens with two attached hydrogens (primary N) is 1. The number of nitrogens with zero attached hydrogens (tertiary/aromatic N) is 1. The number of fused-ring (bicyclic) bond motifs is 1. The van der Waals surface area contributed by atoms with Crippen molar-refractivity contribution in [3.8, 4) is 0 Å². The van der Waals surface area contributed by atoms with Gasteiger partial charge in [0.05, 0.1) is 10.9 Å². The Labute approximate surface area is 117 Å². The summed E-state index contributed by atoms with van der Waals surface area (Å²) in [5.74, 6) is -1.81. The summed E-state index contributed by atoms with van der Waals surface area (Å²) in [6.45, 7) is 0. The lowest BCUT2D eigenvalue weighted by atomic mass is 10.2. The first-order chi connectivity index (χ1) is 10.0. The second kappa shape index (κ2) is 4.86. The summed E-state index contributed by atoms with van der Waals surface area (Å²) in [6, 6.07) is 8.04. The molecule has 0 aliphatic carbocycles. The fourth-order valence-electron chi connectivity index (χ4n) is 1.93. The summed E-state index contributed by atoms with van der Waals surface area (Å²) in [6.07, 6.45) is 0. The second-order valence-corrected chi connectivity index (χ2v) is 4.45. The van der Waals surface area contributed by atoms with Gasteiger partial charge in [0, 0.05) is 17.4 Å². The molecule has 106 valence electrons. The summed E-state index contributed by atoms with van der Waals surface area (Å²) >= 11 is 0. The Bertz CT molecular complexity index is 892. The first-order valence-electron chi connectivity index (χ1n) is 6.04. The van der Waals surface area contributed by atoms with E-state index in [0.29, 0.717) is 16.6 Å². The van der Waals surface area contributed by atoms with Crippen LogP contribution >= 0.6 is 0 Å². The zero-order valence-electron chi connectivity index (χ0n) is 10.7. The number of benzene rings is 2. The molecular formula is C14H10F2N4O. The van der Waals surface area contributed by atoms with Gasteiger partial charge in [0.1, 0.15) is 0 Å². The van der Waals surface area contributed by atoms with Gasteiger partial charge in [-0.3, -0.25) is 9.78 Å². The van der Waals surface area contributed by atoms with Gasteiger partial charge in [-0.25, -0.2) is 13.8 Å². The van der Waals surface area contributed by atoms with Crippen molar-refractivity contribution in [2.45, 2.75) is 0 Å². The molecule has 1 heterocycles. The molecular weight excluding hydrogens is 278 g/mol. The van der Waals surface area contributed by atoms with Crippen LogP contribution in [0, 0.1) is 11.6 Å². The predicted octanol–water partition coefficient (Wildman–Crippen LogP) is 2.53. The van der Waals surface area contributed by atoms with E-state index < -0.39 is 11.6 Å². The first kappa shape index (κ1) is 13.0. The Balaban J connectivity index is 2.03. The van der Waals surface area contributed by atoms with Crippen LogP contribution in [0.1, 0.15) is 0 Å². The van der Waals surface area contributed by atoms with Crippen molar-refractivity contribution in [1.82, 2.24) is 9.97 Å². The molecule has 3 aromatic rings. The van der Waals surface area contributed by atoms with Crippen molar-refractivity contribution in [1.29, 1.82) is 0 Å². The van der Waals surface area contributed by atoms with Crippen LogP contribution in [-0.2, 0) is 0 Å². The molecule has 0 amide bonds. The number of nitrogen functional groups attached to an aromatic ring is 1. The fourth-order valence-corrected chi connectivity index (χ4v) is 1.93. The molecule has 0 radical (unpaired) electrons. The van der Waals surface area contributed by atoms with Crippen molar-refractivity contribution >= 4 is 28.2 Å². The maximum Gasteiger partial charge on any atom is 0.260 e. The van der Waals surface area contributed by atoms with Crippen LogP contribution in [0.4, 0.5) is 26.1 Å². The highest BCUT2D eigenvalue weighted by Crippen LogP contribution is 2.18. The van der Waals surface area contributed by atoms with Crippen LogP contribution in [0.15, 0.2) is 41.2 Å². The highest BCUT2D eigenvalue weighted by molar-refractivity contribution is 5.82. The average molecular weight is 288 g/mol. The van der Waals surface area contributed by atoms with Crippen LogP contribution in [0.25, 0.3) is 10.9 Å². The van der Waals surface area contributed by atoms with Gasteiger partial charge in [-0.15, -0.1) is 0 Å². The van der Waals surface area contributed by atoms with Crippen LogP contribution in [0.3, 0.4) is 0 Å². The van der Waals surface area contributed by atoms with Crippen LogP contribution in [0.2, 0.25) is 0 Å². The maximum atomic E-state index is 13.1. The second-order valence-electron chi connectivity index (χ2n) is 4.45. The molecule has 0 unspecified atom stereocenters. The minimum Gasteiger partial charge on any atom is -0.399 e. The van der Waals surface area contributed by atoms with E-state index in [2.05, 4.69) is 15.3 Å². The molecule has 21 heavy (non-hydrogen) atoms. The van der Waals surface area contributed by atoms with Crippen molar-refractivity contribution in [3.05, 3.63) is 58.4 Å². The van der Waals surface area contributed by atoms with Gasteiger partial charge in [-0.1, -0.05) is 0 Å². The minimum atomic E-state index is -0.990. The van der Waals surface area contributed by atoms with Gasteiger partial charge in [-0.2, -0.15) is 0 Å². The van der Waals surface area contributed by atoms with Gasteiger partial charge >= 0.3 is 0 Å². The zero-order chi connectivity index (χ0) is 15.0. The average Bonchev–Trinajstić information content (AvgIpc) is 2.44. The molecule has 0 atom stereocenters. The third kappa shape index (κ3) is 2.53. The van der Waals surface area contributed by atoms with Gasteiger partial charge in [0.2, 0.25) is 5.95 Å². The van der Waals surface area contributed by atoms with Crippen LogP contribution < -0.4 is 16.6 Å². The number of aromatic nitrogens is 2. The zero-order valence-corrected chi connectivity index (χ0v) is 10.7. The number of aromatic amines is 1. The number of anilines is 3. The van der Waals surface area contributed by atoms with Crippen molar-refractivity contribution in [2.75, 3.05) is 11.1 Å². The van der Waals surface area contributed by atoms with E-state index in [-0.39, 0.29) is 17.2 Å². The molecule has 1 aromatic heterocycles. The maximum absolute atomic E-state index is 13.1. The van der Waals surface area contributed by atoms with E-state index in [1.807, 2.05) is 0 Å². The Morgan fingerprint density at radius 3 is 2.67 bits per heavy atom. The standard InChI is InChI=1S/C14H10F2N4O/c15-10-3-2-8(6-11(10)16)18-14-19-12-4-1-7(17)5-9(12)13(21)20-14/h1-6H,17H2,(H2,18,19,20,21). The summed E-state index contributed by atoms with van der Waals surface area (Å²) in [5.41, 5.74) is 6.40. The Kier molecular flexibility index (Phi) is 3.02. The van der Waals surface area contributed by atoms with Gasteiger partial charge in [0.15, 0.2) is 11.6 Å². The van der Waals surface area contributed by atoms with Crippen LogP contribution in [0.5, 0.6) is 0 Å². The molecule has 4 N–H and O–H groups in total. The Hall–Kier alpha value is -2.96. The van der Waals surface area contributed by atoms with E-state index >= 15 is 0 Å². The van der Waals surface area contributed by atoms with E-state index in [4.69, 9.17) is 5.73 Å². The topological polar surface area (TPSA) is 83.8 Å². The van der Waals surface area contributed by atoms with E-state index in [1.54, 1.807) is 12.1 Å². The van der Waals surface area contributed by atoms with E-state index in [9.17, 15) is 13.6 Å². The molecule has 2 aromatic carbocycles. The number of hydrogen-bond donors (Lipinski definition) is 3. The van der Waals surface area contributed by atoms with E-state index in [0.717, 1.165) is 12.1 Å². The fraction of sp³-hybridized carbons (Fsp3) is 0. The molecule has 0 saturated carbocycles. The van der Waals surface area contributed by atoms with Crippen molar-refractivity contribution in [3.63, 3.8) is 0 Å².